The molecule has 2 aliphatic carbocycles. The van der Waals surface area contributed by atoms with Crippen molar-refractivity contribution >= 4 is 21.8 Å². The Morgan fingerprint density at radius 3 is 1.83 bits per heavy atom. The molecular weight excluding hydrogens is 785 g/mol. The zero-order valence-corrected chi connectivity index (χ0v) is 36.2. The molecule has 9 aromatic carbocycles. The standard InChI is InChI=1S/C63H42N2/c1-62(2)50-25-11-9-21-44(50)45-33-31-42(36-55(45)62)41-32-34-51-49(35-41)60-48(57-38-43(39-17-5-3-6-18-39)37-56(64-57)40-19-7-4-8-20-40)24-16-27-53(60)63(51)52-26-12-14-30-59(52)65-58-29-13-10-22-46(58)47-23-15-28-54(63)61(47)65/h3-38H,1-2H3. The molecule has 3 heterocycles. The molecule has 0 radical (unpaired) electrons. The summed E-state index contributed by atoms with van der Waals surface area (Å²) in [4.78, 5) is 5.58. The van der Waals surface area contributed by atoms with Crippen LogP contribution >= 0.6 is 0 Å². The quantitative estimate of drug-likeness (QED) is 0.173. The Bertz CT molecular complexity index is 3740. The van der Waals surface area contributed by atoms with Crippen LogP contribution in [0.3, 0.4) is 0 Å². The molecular formula is C63H42N2. The van der Waals surface area contributed by atoms with Crippen molar-refractivity contribution in [3.63, 3.8) is 0 Å². The van der Waals surface area contributed by atoms with Crippen LogP contribution in [0.1, 0.15) is 47.2 Å². The lowest BCUT2D eigenvalue weighted by molar-refractivity contribution is 0.660. The molecule has 1 unspecified atom stereocenters. The van der Waals surface area contributed by atoms with Gasteiger partial charge in [-0.1, -0.05) is 196 Å². The van der Waals surface area contributed by atoms with Crippen LogP contribution in [0.2, 0.25) is 0 Å². The topological polar surface area (TPSA) is 17.8 Å². The molecule has 2 nitrogen and oxygen atoms in total. The maximum atomic E-state index is 5.58. The zero-order valence-electron chi connectivity index (χ0n) is 36.2. The first-order chi connectivity index (χ1) is 32.0. The van der Waals surface area contributed by atoms with E-state index < -0.39 is 5.41 Å². The fourth-order valence-corrected chi connectivity index (χ4v) is 12.2. The molecule has 0 N–H and O–H groups in total. The number of para-hydroxylation sites is 3. The van der Waals surface area contributed by atoms with Gasteiger partial charge in [0.1, 0.15) is 0 Å². The van der Waals surface area contributed by atoms with Crippen LogP contribution in [0, 0.1) is 0 Å². The summed E-state index contributed by atoms with van der Waals surface area (Å²) in [6.45, 7) is 4.74. The minimum absolute atomic E-state index is 0.0999. The van der Waals surface area contributed by atoms with Gasteiger partial charge in [0.05, 0.1) is 33.5 Å². The van der Waals surface area contributed by atoms with Crippen LogP contribution in [0.25, 0.3) is 94.5 Å². The second-order valence-corrected chi connectivity index (χ2v) is 18.6. The summed E-state index contributed by atoms with van der Waals surface area (Å²) in [5.74, 6) is 0. The number of hydrogen-bond acceptors (Lipinski definition) is 1. The SMILES string of the molecule is CC1(C)c2ccccc2-c2ccc(-c3ccc4c(c3)-c3c(-c5cc(-c6ccccc6)cc(-c6ccccc6)n5)cccc3C43c4ccccc4-n4c5ccccc5c5cccc3c54)cc21. The number of nitrogens with zero attached hydrogens (tertiary/aromatic N) is 2. The van der Waals surface area contributed by atoms with Crippen LogP contribution in [-0.2, 0) is 10.8 Å². The highest BCUT2D eigenvalue weighted by Crippen LogP contribution is 2.63. The normalized spacial score (nSPS) is 15.7. The summed E-state index contributed by atoms with van der Waals surface area (Å²) in [5.41, 5.74) is 25.1. The summed E-state index contributed by atoms with van der Waals surface area (Å²) in [6.07, 6.45) is 0. The Hall–Kier alpha value is -8.07. The third-order valence-corrected chi connectivity index (χ3v) is 15.0. The van der Waals surface area contributed by atoms with Gasteiger partial charge in [0, 0.05) is 27.3 Å². The van der Waals surface area contributed by atoms with Crippen LogP contribution in [0.4, 0.5) is 0 Å². The van der Waals surface area contributed by atoms with Crippen molar-refractivity contribution in [2.45, 2.75) is 24.7 Å². The molecule has 0 amide bonds. The van der Waals surface area contributed by atoms with E-state index >= 15 is 0 Å². The molecule has 304 valence electrons. The maximum absolute atomic E-state index is 5.58. The van der Waals surface area contributed by atoms with Crippen LogP contribution < -0.4 is 0 Å². The molecule has 0 bridgehead atoms. The van der Waals surface area contributed by atoms with Crippen molar-refractivity contribution < 1.29 is 0 Å². The Morgan fingerprint density at radius 1 is 0.354 bits per heavy atom. The summed E-state index contributed by atoms with van der Waals surface area (Å²) >= 11 is 0. The third kappa shape index (κ3) is 4.86. The number of fused-ring (bicyclic) bond motifs is 15. The predicted molar refractivity (Wildman–Crippen MR) is 269 cm³/mol. The molecule has 0 saturated heterocycles. The minimum atomic E-state index is -0.597. The van der Waals surface area contributed by atoms with Gasteiger partial charge in [-0.25, -0.2) is 4.98 Å². The van der Waals surface area contributed by atoms with Crippen molar-refractivity contribution in [1.29, 1.82) is 0 Å². The zero-order chi connectivity index (χ0) is 43.0. The summed E-state index contributed by atoms with van der Waals surface area (Å²) in [7, 11) is 0. The first kappa shape index (κ1) is 36.4. The highest BCUT2D eigenvalue weighted by Gasteiger charge is 2.51. The van der Waals surface area contributed by atoms with Crippen molar-refractivity contribution in [3.05, 3.63) is 252 Å². The van der Waals surface area contributed by atoms with E-state index in [1.54, 1.807) is 0 Å². The Kier molecular flexibility index (Phi) is 7.41. The number of hydrogen-bond donors (Lipinski definition) is 0. The van der Waals surface area contributed by atoms with E-state index in [1.165, 1.54) is 99.8 Å². The Morgan fingerprint density at radius 2 is 0.969 bits per heavy atom. The third-order valence-electron chi connectivity index (χ3n) is 15.0. The second-order valence-electron chi connectivity index (χ2n) is 18.6. The van der Waals surface area contributed by atoms with Crippen molar-refractivity contribution in [2.24, 2.45) is 0 Å². The molecule has 0 fully saturated rings. The lowest BCUT2D eigenvalue weighted by Gasteiger charge is -2.39. The second kappa shape index (κ2) is 13.2. The minimum Gasteiger partial charge on any atom is -0.309 e. The van der Waals surface area contributed by atoms with E-state index in [0.717, 1.165) is 28.1 Å². The molecule has 14 rings (SSSR count). The molecule has 2 aromatic heterocycles. The first-order valence-electron chi connectivity index (χ1n) is 22.8. The van der Waals surface area contributed by atoms with Gasteiger partial charge in [-0.2, -0.15) is 0 Å². The van der Waals surface area contributed by atoms with E-state index in [0.29, 0.717) is 0 Å². The molecule has 1 spiro atoms. The molecule has 65 heavy (non-hydrogen) atoms. The maximum Gasteiger partial charge on any atom is 0.0754 e. The molecule has 3 aliphatic rings. The molecule has 2 heteroatoms. The van der Waals surface area contributed by atoms with E-state index in [1.807, 2.05) is 0 Å². The van der Waals surface area contributed by atoms with E-state index in [4.69, 9.17) is 4.98 Å². The first-order valence-corrected chi connectivity index (χ1v) is 22.8. The average molecular weight is 827 g/mol. The monoisotopic (exact) mass is 826 g/mol. The van der Waals surface area contributed by atoms with Crippen molar-refractivity contribution in [3.8, 4) is 72.7 Å². The summed E-state index contributed by atoms with van der Waals surface area (Å²) in [5, 5.41) is 2.55. The molecule has 11 aromatic rings. The van der Waals surface area contributed by atoms with Gasteiger partial charge >= 0.3 is 0 Å². The van der Waals surface area contributed by atoms with Crippen LogP contribution in [-0.4, -0.2) is 9.55 Å². The average Bonchev–Trinajstić information content (AvgIpc) is 3.95. The van der Waals surface area contributed by atoms with Crippen LogP contribution in [0.15, 0.2) is 218 Å². The fourth-order valence-electron chi connectivity index (χ4n) is 12.2. The predicted octanol–water partition coefficient (Wildman–Crippen LogP) is 15.8. The summed E-state index contributed by atoms with van der Waals surface area (Å²) < 4.78 is 2.53. The Balaban J connectivity index is 1.08. The molecule has 1 atom stereocenters. The highest BCUT2D eigenvalue weighted by atomic mass is 15.0. The van der Waals surface area contributed by atoms with E-state index in [-0.39, 0.29) is 5.41 Å². The number of rotatable bonds is 4. The van der Waals surface area contributed by atoms with Gasteiger partial charge in [-0.15, -0.1) is 0 Å². The lowest BCUT2D eigenvalue weighted by atomic mass is 9.65. The van der Waals surface area contributed by atoms with E-state index in [9.17, 15) is 0 Å². The van der Waals surface area contributed by atoms with Crippen molar-refractivity contribution in [1.82, 2.24) is 9.55 Å². The van der Waals surface area contributed by atoms with E-state index in [2.05, 4.69) is 237 Å². The fraction of sp³-hybridized carbons (Fsp3) is 0.0635. The van der Waals surface area contributed by atoms with Gasteiger partial charge in [0.25, 0.3) is 0 Å². The smallest absolute Gasteiger partial charge is 0.0754 e. The summed E-state index contributed by atoms with van der Waals surface area (Å²) in [6, 6.07) is 81.3. The highest BCUT2D eigenvalue weighted by molar-refractivity contribution is 6.13. The van der Waals surface area contributed by atoms with Gasteiger partial charge in [0.2, 0.25) is 0 Å². The molecule has 1 aliphatic heterocycles. The number of pyridine rings is 1. The van der Waals surface area contributed by atoms with Gasteiger partial charge in [-0.05, 0) is 114 Å². The van der Waals surface area contributed by atoms with Crippen LogP contribution in [0.5, 0.6) is 0 Å². The Labute approximate surface area is 378 Å². The lowest BCUT2D eigenvalue weighted by Crippen LogP contribution is -2.33. The van der Waals surface area contributed by atoms with Crippen molar-refractivity contribution in [2.75, 3.05) is 0 Å². The largest absolute Gasteiger partial charge is 0.309 e. The van der Waals surface area contributed by atoms with Gasteiger partial charge < -0.3 is 4.57 Å². The number of benzene rings is 9. The molecule has 0 saturated carbocycles. The van der Waals surface area contributed by atoms with Gasteiger partial charge in [0.15, 0.2) is 0 Å². The van der Waals surface area contributed by atoms with Gasteiger partial charge in [-0.3, -0.25) is 0 Å². The number of aromatic nitrogens is 2.